The highest BCUT2D eigenvalue weighted by molar-refractivity contribution is 6.00. The van der Waals surface area contributed by atoms with Gasteiger partial charge in [0.25, 0.3) is 0 Å². The molecule has 0 N–H and O–H groups in total. The first-order valence-corrected chi connectivity index (χ1v) is 7.59. The third-order valence-corrected chi connectivity index (χ3v) is 2.07. The zero-order valence-corrected chi connectivity index (χ0v) is 15.7. The first kappa shape index (κ1) is 21.2. The van der Waals surface area contributed by atoms with Gasteiger partial charge in [-0.1, -0.05) is 0 Å². The average molecular weight is 316 g/mol. The van der Waals surface area contributed by atoms with Crippen molar-refractivity contribution in [1.29, 1.82) is 0 Å². The Bertz CT molecular complexity index is 363. The van der Waals surface area contributed by atoms with Gasteiger partial charge in [0.05, 0.1) is 23.2 Å². The second-order valence-corrected chi connectivity index (χ2v) is 8.50. The van der Waals surface area contributed by atoms with Crippen molar-refractivity contribution in [3.8, 4) is 0 Å². The molecular weight excluding hydrogens is 284 g/mol. The van der Waals surface area contributed by atoms with E-state index in [0.29, 0.717) is 0 Å². The molecule has 0 aromatic carbocycles. The van der Waals surface area contributed by atoms with E-state index >= 15 is 0 Å². The van der Waals surface area contributed by atoms with E-state index in [1.165, 1.54) is 6.92 Å². The second-order valence-electron chi connectivity index (χ2n) is 8.50. The number of carbonyl (C=O) groups excluding carboxylic acids is 2. The molecule has 0 rings (SSSR count). The highest BCUT2D eigenvalue weighted by Gasteiger charge is 2.50. The van der Waals surface area contributed by atoms with E-state index in [0.717, 1.165) is 0 Å². The van der Waals surface area contributed by atoms with E-state index in [2.05, 4.69) is 0 Å². The minimum atomic E-state index is -1.92. The first-order valence-electron chi connectivity index (χ1n) is 7.59. The van der Waals surface area contributed by atoms with Crippen LogP contribution in [-0.4, -0.2) is 34.3 Å². The molecule has 0 aliphatic rings. The molecule has 0 saturated heterocycles. The number of Topliss-reactive ketones (excluding diaryl/α,β-unsaturated/α-hetero) is 2. The molecule has 0 aromatic rings. The summed E-state index contributed by atoms with van der Waals surface area (Å²) in [7, 11) is 0. The van der Waals surface area contributed by atoms with Crippen LogP contribution in [0.1, 0.15) is 75.7 Å². The number of hydrogen-bond acceptors (Lipinski definition) is 5. The summed E-state index contributed by atoms with van der Waals surface area (Å²) in [5.74, 6) is -2.71. The fraction of sp³-hybridized carbons (Fsp3) is 0.882. The lowest BCUT2D eigenvalue weighted by Gasteiger charge is -2.43. The molecule has 0 aliphatic heterocycles. The predicted octanol–water partition coefficient (Wildman–Crippen LogP) is 3.63. The van der Waals surface area contributed by atoms with Crippen LogP contribution >= 0.6 is 0 Å². The van der Waals surface area contributed by atoms with E-state index in [-0.39, 0.29) is 12.2 Å². The van der Waals surface area contributed by atoms with Crippen molar-refractivity contribution in [2.24, 2.45) is 0 Å². The normalized spacial score (nSPS) is 14.1. The minimum Gasteiger partial charge on any atom is -0.315 e. The van der Waals surface area contributed by atoms with Crippen LogP contribution in [0.3, 0.4) is 0 Å². The van der Waals surface area contributed by atoms with Crippen LogP contribution in [0.5, 0.6) is 0 Å². The van der Waals surface area contributed by atoms with Crippen molar-refractivity contribution in [2.75, 3.05) is 0 Å². The molecular formula is C17H32O5. The van der Waals surface area contributed by atoms with Gasteiger partial charge in [0.15, 0.2) is 0 Å². The van der Waals surface area contributed by atoms with Crippen molar-refractivity contribution >= 4 is 11.6 Å². The predicted molar refractivity (Wildman–Crippen MR) is 85.6 cm³/mol. The topological polar surface area (TPSA) is 61.8 Å². The number of rotatable bonds is 6. The van der Waals surface area contributed by atoms with Crippen LogP contribution < -0.4 is 0 Å². The summed E-state index contributed by atoms with van der Waals surface area (Å²) < 4.78 is 17.7. The van der Waals surface area contributed by atoms with Gasteiger partial charge in [-0.05, 0) is 69.2 Å². The minimum absolute atomic E-state index is 0.262. The molecule has 0 bridgehead atoms. The third kappa shape index (κ3) is 8.61. The van der Waals surface area contributed by atoms with Gasteiger partial charge in [-0.15, -0.1) is 0 Å². The fourth-order valence-corrected chi connectivity index (χ4v) is 1.78. The van der Waals surface area contributed by atoms with Gasteiger partial charge in [0.1, 0.15) is 5.78 Å². The van der Waals surface area contributed by atoms with Gasteiger partial charge < -0.3 is 14.2 Å². The molecule has 0 fully saturated rings. The van der Waals surface area contributed by atoms with Crippen LogP contribution in [0.4, 0.5) is 0 Å². The lowest BCUT2D eigenvalue weighted by atomic mass is 10.1. The molecule has 22 heavy (non-hydrogen) atoms. The zero-order valence-electron chi connectivity index (χ0n) is 15.7. The van der Waals surface area contributed by atoms with E-state index in [9.17, 15) is 9.59 Å². The van der Waals surface area contributed by atoms with Gasteiger partial charge in [-0.3, -0.25) is 9.59 Å². The Morgan fingerprint density at radius 2 is 0.955 bits per heavy atom. The molecule has 0 atom stereocenters. The van der Waals surface area contributed by atoms with Crippen molar-refractivity contribution in [3.63, 3.8) is 0 Å². The van der Waals surface area contributed by atoms with Gasteiger partial charge >= 0.3 is 5.97 Å². The summed E-state index contributed by atoms with van der Waals surface area (Å²) in [5.41, 5.74) is -2.07. The Kier molecular flexibility index (Phi) is 6.53. The summed E-state index contributed by atoms with van der Waals surface area (Å²) in [6, 6.07) is 0. The van der Waals surface area contributed by atoms with Crippen molar-refractivity contribution in [1.82, 2.24) is 0 Å². The van der Waals surface area contributed by atoms with Crippen LogP contribution in [0.15, 0.2) is 0 Å². The van der Waals surface area contributed by atoms with Gasteiger partial charge in [-0.25, -0.2) is 0 Å². The maximum atomic E-state index is 12.7. The fourth-order valence-electron chi connectivity index (χ4n) is 1.78. The molecule has 0 amide bonds. The van der Waals surface area contributed by atoms with Crippen LogP contribution in [0.2, 0.25) is 0 Å². The van der Waals surface area contributed by atoms with E-state index in [1.54, 1.807) is 62.3 Å². The molecule has 0 aromatic heterocycles. The summed E-state index contributed by atoms with van der Waals surface area (Å²) in [5, 5.41) is 0. The standard InChI is InChI=1S/C17H32O5/c1-12(18)11-13(19)17(20-14(2,3)4,21-15(5,6)7)22-16(8,9)10/h11H2,1-10H3. The Hall–Kier alpha value is -0.780. The number of ketones is 2. The molecule has 5 nitrogen and oxygen atoms in total. The molecule has 5 heteroatoms. The van der Waals surface area contributed by atoms with E-state index in [1.807, 2.05) is 0 Å². The molecule has 0 radical (unpaired) electrons. The molecule has 0 unspecified atom stereocenters. The summed E-state index contributed by atoms with van der Waals surface area (Å²) >= 11 is 0. The van der Waals surface area contributed by atoms with Crippen molar-refractivity contribution < 1.29 is 23.8 Å². The summed E-state index contributed by atoms with van der Waals surface area (Å²) in [4.78, 5) is 24.1. The Labute approximate surface area is 134 Å². The largest absolute Gasteiger partial charge is 0.348 e. The molecule has 0 heterocycles. The second kappa shape index (κ2) is 6.77. The van der Waals surface area contributed by atoms with Crippen LogP contribution in [0, 0.1) is 0 Å². The Morgan fingerprint density at radius 3 is 1.14 bits per heavy atom. The summed E-state index contributed by atoms with van der Waals surface area (Å²) in [6.45, 7) is 17.6. The van der Waals surface area contributed by atoms with E-state index < -0.39 is 28.6 Å². The molecule has 0 saturated carbocycles. The van der Waals surface area contributed by atoms with Crippen molar-refractivity contribution in [3.05, 3.63) is 0 Å². The highest BCUT2D eigenvalue weighted by Crippen LogP contribution is 2.34. The first-order chi connectivity index (χ1) is 9.46. The molecule has 0 aliphatic carbocycles. The monoisotopic (exact) mass is 316 g/mol. The van der Waals surface area contributed by atoms with Crippen LogP contribution in [-0.2, 0) is 23.8 Å². The van der Waals surface area contributed by atoms with E-state index in [4.69, 9.17) is 14.2 Å². The maximum absolute atomic E-state index is 12.7. The molecule has 130 valence electrons. The SMILES string of the molecule is CC(=O)CC(=O)C(OC(C)(C)C)(OC(C)(C)C)OC(C)(C)C. The Balaban J connectivity index is 5.89. The number of ether oxygens (including phenoxy) is 3. The maximum Gasteiger partial charge on any atom is 0.348 e. The average Bonchev–Trinajstić information content (AvgIpc) is 2.06. The van der Waals surface area contributed by atoms with Crippen molar-refractivity contribution in [2.45, 2.75) is 98.4 Å². The zero-order chi connectivity index (χ0) is 18.0. The van der Waals surface area contributed by atoms with Crippen LogP contribution in [0.25, 0.3) is 0 Å². The smallest absolute Gasteiger partial charge is 0.315 e. The lowest BCUT2D eigenvalue weighted by molar-refractivity contribution is -0.420. The van der Waals surface area contributed by atoms with Gasteiger partial charge in [0.2, 0.25) is 5.78 Å². The number of hydrogen-bond donors (Lipinski definition) is 0. The van der Waals surface area contributed by atoms with Gasteiger partial charge in [-0.2, -0.15) is 0 Å². The number of carbonyl (C=O) groups is 2. The quantitative estimate of drug-likeness (QED) is 0.553. The highest BCUT2D eigenvalue weighted by atomic mass is 16.9. The molecule has 0 spiro atoms. The third-order valence-electron chi connectivity index (χ3n) is 2.07. The Morgan fingerprint density at radius 1 is 0.682 bits per heavy atom. The summed E-state index contributed by atoms with van der Waals surface area (Å²) in [6.07, 6.45) is -0.303. The van der Waals surface area contributed by atoms with Gasteiger partial charge in [0, 0.05) is 0 Å². The lowest BCUT2D eigenvalue weighted by Crippen LogP contribution is -2.57.